The molecule has 0 atom stereocenters. The van der Waals surface area contributed by atoms with E-state index in [-0.39, 0.29) is 0 Å². The van der Waals surface area contributed by atoms with Crippen LogP contribution in [-0.2, 0) is 4.79 Å². The molecule has 0 fully saturated rings. The van der Waals surface area contributed by atoms with Gasteiger partial charge in [-0.2, -0.15) is 0 Å². The number of unbranched alkanes of at least 4 members (excludes halogenated alkanes) is 8. The molecule has 0 saturated carbocycles. The van der Waals surface area contributed by atoms with Gasteiger partial charge in [0, 0.05) is 6.42 Å². The summed E-state index contributed by atoms with van der Waals surface area (Å²) in [4.78, 5) is 10.3. The highest BCUT2D eigenvalue weighted by atomic mass is 16.4. The average Bonchev–Trinajstić information content (AvgIpc) is 2.43. The van der Waals surface area contributed by atoms with Gasteiger partial charge in [0.05, 0.1) is 0 Å². The molecule has 0 saturated heterocycles. The van der Waals surface area contributed by atoms with Gasteiger partial charge in [-0.15, -0.1) is 0 Å². The van der Waals surface area contributed by atoms with Crippen molar-refractivity contribution in [3.05, 3.63) is 24.3 Å². The average molecular weight is 280 g/mol. The summed E-state index contributed by atoms with van der Waals surface area (Å²) < 4.78 is 0. The van der Waals surface area contributed by atoms with Gasteiger partial charge < -0.3 is 5.11 Å². The zero-order valence-electron chi connectivity index (χ0n) is 13.2. The SMILES string of the molecule is CC/C=C/CC/C=C/CCCCCCCCCC(=O)O. The van der Waals surface area contributed by atoms with E-state index in [1.165, 1.54) is 51.4 Å². The van der Waals surface area contributed by atoms with Gasteiger partial charge in [0.25, 0.3) is 0 Å². The third-order valence-corrected chi connectivity index (χ3v) is 3.33. The second-order valence-corrected chi connectivity index (χ2v) is 5.34. The number of rotatable bonds is 14. The third-order valence-electron chi connectivity index (χ3n) is 3.33. The van der Waals surface area contributed by atoms with Crippen LogP contribution in [0.4, 0.5) is 0 Å². The van der Waals surface area contributed by atoms with Crippen molar-refractivity contribution >= 4 is 5.97 Å². The van der Waals surface area contributed by atoms with Crippen molar-refractivity contribution < 1.29 is 9.90 Å². The first kappa shape index (κ1) is 18.9. The van der Waals surface area contributed by atoms with E-state index in [0.717, 1.165) is 19.3 Å². The molecule has 2 nitrogen and oxygen atoms in total. The van der Waals surface area contributed by atoms with E-state index in [4.69, 9.17) is 5.11 Å². The molecule has 116 valence electrons. The molecule has 0 aromatic rings. The molecular formula is C18H32O2. The Labute approximate surface area is 125 Å². The van der Waals surface area contributed by atoms with E-state index in [2.05, 4.69) is 31.2 Å². The summed E-state index contributed by atoms with van der Waals surface area (Å²) in [6.45, 7) is 2.17. The lowest BCUT2D eigenvalue weighted by molar-refractivity contribution is -0.137. The highest BCUT2D eigenvalue weighted by molar-refractivity contribution is 5.66. The Balaban J connectivity index is 3.10. The van der Waals surface area contributed by atoms with Gasteiger partial charge in [-0.1, -0.05) is 63.3 Å². The molecule has 0 aliphatic heterocycles. The van der Waals surface area contributed by atoms with Crippen molar-refractivity contribution in [2.24, 2.45) is 0 Å². The molecule has 0 spiro atoms. The molecule has 0 aliphatic rings. The Hall–Kier alpha value is -1.05. The normalized spacial score (nSPS) is 11.7. The number of aliphatic carboxylic acids is 1. The predicted octanol–water partition coefficient (Wildman–Crippen LogP) is 5.88. The Morgan fingerprint density at radius 1 is 0.750 bits per heavy atom. The molecular weight excluding hydrogens is 248 g/mol. The molecule has 0 unspecified atom stereocenters. The fraction of sp³-hybridized carbons (Fsp3) is 0.722. The predicted molar refractivity (Wildman–Crippen MR) is 87.0 cm³/mol. The largest absolute Gasteiger partial charge is 0.481 e. The summed E-state index contributed by atoms with van der Waals surface area (Å²) >= 11 is 0. The quantitative estimate of drug-likeness (QED) is 0.318. The first-order valence-corrected chi connectivity index (χ1v) is 8.29. The van der Waals surface area contributed by atoms with Crippen molar-refractivity contribution in [1.82, 2.24) is 0 Å². The van der Waals surface area contributed by atoms with Crippen LogP contribution in [0.2, 0.25) is 0 Å². The van der Waals surface area contributed by atoms with Crippen LogP contribution in [0.5, 0.6) is 0 Å². The lowest BCUT2D eigenvalue weighted by Crippen LogP contribution is -1.93. The van der Waals surface area contributed by atoms with Crippen LogP contribution in [-0.4, -0.2) is 11.1 Å². The standard InChI is InChI=1S/C18H32O2/c1-2-3-4-5-6-7-8-9-10-11-12-13-14-15-16-17-18(19)20/h3-4,7-8H,2,5-6,9-17H2,1H3,(H,19,20)/b4-3+,8-7+. The van der Waals surface area contributed by atoms with Crippen molar-refractivity contribution in [1.29, 1.82) is 0 Å². The zero-order chi connectivity index (χ0) is 14.9. The van der Waals surface area contributed by atoms with Gasteiger partial charge in [0.2, 0.25) is 0 Å². The van der Waals surface area contributed by atoms with Crippen molar-refractivity contribution in [3.63, 3.8) is 0 Å². The Morgan fingerprint density at radius 3 is 1.85 bits per heavy atom. The second-order valence-electron chi connectivity index (χ2n) is 5.34. The highest BCUT2D eigenvalue weighted by Crippen LogP contribution is 2.10. The Kier molecular flexibility index (Phi) is 15.2. The van der Waals surface area contributed by atoms with E-state index in [9.17, 15) is 4.79 Å². The van der Waals surface area contributed by atoms with E-state index >= 15 is 0 Å². The number of carbonyl (C=O) groups is 1. The summed E-state index contributed by atoms with van der Waals surface area (Å²) in [6, 6.07) is 0. The molecule has 0 amide bonds. The van der Waals surface area contributed by atoms with E-state index in [1.54, 1.807) is 0 Å². The third kappa shape index (κ3) is 16.9. The number of allylic oxidation sites excluding steroid dienone is 4. The summed E-state index contributed by atoms with van der Waals surface area (Å²) in [6.07, 6.45) is 22.3. The molecule has 0 aliphatic carbocycles. The van der Waals surface area contributed by atoms with Crippen LogP contribution in [0.3, 0.4) is 0 Å². The molecule has 20 heavy (non-hydrogen) atoms. The summed E-state index contributed by atoms with van der Waals surface area (Å²) in [5.41, 5.74) is 0. The molecule has 0 aromatic heterocycles. The van der Waals surface area contributed by atoms with Crippen LogP contribution < -0.4 is 0 Å². The number of hydrogen-bond donors (Lipinski definition) is 1. The smallest absolute Gasteiger partial charge is 0.303 e. The minimum Gasteiger partial charge on any atom is -0.481 e. The first-order valence-electron chi connectivity index (χ1n) is 8.29. The molecule has 0 radical (unpaired) electrons. The summed E-state index contributed by atoms with van der Waals surface area (Å²) in [7, 11) is 0. The Bertz CT molecular complexity index is 267. The maximum atomic E-state index is 10.3. The van der Waals surface area contributed by atoms with Crippen LogP contribution >= 0.6 is 0 Å². The van der Waals surface area contributed by atoms with Gasteiger partial charge >= 0.3 is 5.97 Å². The van der Waals surface area contributed by atoms with Crippen LogP contribution in [0.1, 0.15) is 84.0 Å². The van der Waals surface area contributed by atoms with Gasteiger partial charge in [0.15, 0.2) is 0 Å². The van der Waals surface area contributed by atoms with Gasteiger partial charge in [-0.25, -0.2) is 0 Å². The molecule has 0 bridgehead atoms. The topological polar surface area (TPSA) is 37.3 Å². The first-order chi connectivity index (χ1) is 9.77. The summed E-state index contributed by atoms with van der Waals surface area (Å²) in [5.74, 6) is -0.665. The molecule has 0 heterocycles. The lowest BCUT2D eigenvalue weighted by Gasteiger charge is -2.00. The minimum absolute atomic E-state index is 0.332. The van der Waals surface area contributed by atoms with Gasteiger partial charge in [0.1, 0.15) is 0 Å². The van der Waals surface area contributed by atoms with Crippen molar-refractivity contribution in [2.75, 3.05) is 0 Å². The van der Waals surface area contributed by atoms with Gasteiger partial charge in [-0.3, -0.25) is 4.79 Å². The fourth-order valence-electron chi connectivity index (χ4n) is 2.13. The van der Waals surface area contributed by atoms with E-state index in [1.807, 2.05) is 0 Å². The maximum Gasteiger partial charge on any atom is 0.303 e. The van der Waals surface area contributed by atoms with E-state index < -0.39 is 5.97 Å². The van der Waals surface area contributed by atoms with Crippen LogP contribution in [0, 0.1) is 0 Å². The Morgan fingerprint density at radius 2 is 1.25 bits per heavy atom. The molecule has 0 aromatic carbocycles. The fourth-order valence-corrected chi connectivity index (χ4v) is 2.13. The highest BCUT2D eigenvalue weighted by Gasteiger charge is 1.96. The zero-order valence-corrected chi connectivity index (χ0v) is 13.2. The van der Waals surface area contributed by atoms with Crippen molar-refractivity contribution in [2.45, 2.75) is 84.0 Å². The van der Waals surface area contributed by atoms with E-state index in [0.29, 0.717) is 6.42 Å². The summed E-state index contributed by atoms with van der Waals surface area (Å²) in [5, 5.41) is 8.51. The molecule has 2 heteroatoms. The monoisotopic (exact) mass is 280 g/mol. The minimum atomic E-state index is -0.665. The molecule has 0 rings (SSSR count). The number of hydrogen-bond acceptors (Lipinski definition) is 1. The number of carboxylic acid groups (broad SMARTS) is 1. The maximum absolute atomic E-state index is 10.3. The molecule has 1 N–H and O–H groups in total. The second kappa shape index (κ2) is 16.0. The van der Waals surface area contributed by atoms with Crippen LogP contribution in [0.25, 0.3) is 0 Å². The van der Waals surface area contributed by atoms with Gasteiger partial charge in [-0.05, 0) is 38.5 Å². The lowest BCUT2D eigenvalue weighted by atomic mass is 10.1. The van der Waals surface area contributed by atoms with Crippen LogP contribution in [0.15, 0.2) is 24.3 Å². The van der Waals surface area contributed by atoms with Crippen molar-refractivity contribution in [3.8, 4) is 0 Å². The number of carboxylic acids is 1.